The van der Waals surface area contributed by atoms with Gasteiger partial charge in [-0.15, -0.1) is 0 Å². The molecule has 1 saturated heterocycles. The normalized spacial score (nSPS) is 22.3. The lowest BCUT2D eigenvalue weighted by Crippen LogP contribution is -2.43. The molecule has 0 aromatic heterocycles. The number of rotatable bonds is 10. The SMILES string of the molecule is CCOC(=O)C[C@@H](C(CC(OC)OC)[N+](=O)[O-])[C@H]1COC(C)(C)O1. The molecule has 140 valence electrons. The second kappa shape index (κ2) is 9.26. The van der Waals surface area contributed by atoms with Crippen LogP contribution < -0.4 is 0 Å². The second-order valence-corrected chi connectivity index (χ2v) is 6.03. The summed E-state index contributed by atoms with van der Waals surface area (Å²) in [5.74, 6) is -2.07. The third-order valence-corrected chi connectivity index (χ3v) is 3.94. The smallest absolute Gasteiger partial charge is 0.306 e. The van der Waals surface area contributed by atoms with E-state index in [2.05, 4.69) is 0 Å². The maximum atomic E-state index is 11.9. The first kappa shape index (κ1) is 20.8. The number of hydrogen-bond donors (Lipinski definition) is 0. The number of nitro groups is 1. The van der Waals surface area contributed by atoms with Crippen molar-refractivity contribution in [1.82, 2.24) is 0 Å². The van der Waals surface area contributed by atoms with Gasteiger partial charge in [-0.25, -0.2) is 0 Å². The van der Waals surface area contributed by atoms with Crippen molar-refractivity contribution in [2.45, 2.75) is 57.8 Å². The summed E-state index contributed by atoms with van der Waals surface area (Å²) in [6, 6.07) is -1.10. The molecule has 9 heteroatoms. The molecule has 0 saturated carbocycles. The van der Waals surface area contributed by atoms with Crippen molar-refractivity contribution in [2.75, 3.05) is 27.4 Å². The maximum absolute atomic E-state index is 11.9. The zero-order chi connectivity index (χ0) is 18.3. The Morgan fingerprint density at radius 2 is 2.00 bits per heavy atom. The van der Waals surface area contributed by atoms with Crippen molar-refractivity contribution in [3.63, 3.8) is 0 Å². The number of carbonyl (C=O) groups excluding carboxylic acids is 1. The Morgan fingerprint density at radius 3 is 2.42 bits per heavy atom. The molecule has 1 unspecified atom stereocenters. The number of carbonyl (C=O) groups is 1. The van der Waals surface area contributed by atoms with Gasteiger partial charge < -0.3 is 23.7 Å². The molecule has 0 radical (unpaired) electrons. The van der Waals surface area contributed by atoms with Gasteiger partial charge in [0.1, 0.15) is 0 Å². The number of hydrogen-bond acceptors (Lipinski definition) is 8. The van der Waals surface area contributed by atoms with Gasteiger partial charge in [0.15, 0.2) is 12.1 Å². The molecule has 0 aliphatic carbocycles. The van der Waals surface area contributed by atoms with Crippen molar-refractivity contribution in [3.05, 3.63) is 10.1 Å². The molecule has 1 aliphatic rings. The van der Waals surface area contributed by atoms with E-state index in [4.69, 9.17) is 23.7 Å². The third-order valence-electron chi connectivity index (χ3n) is 3.94. The first-order chi connectivity index (χ1) is 11.2. The fraction of sp³-hybridized carbons (Fsp3) is 0.933. The van der Waals surface area contributed by atoms with Crippen molar-refractivity contribution in [3.8, 4) is 0 Å². The Balaban J connectivity index is 2.98. The quantitative estimate of drug-likeness (QED) is 0.252. The minimum absolute atomic E-state index is 0.00956. The molecule has 0 spiro atoms. The van der Waals surface area contributed by atoms with Crippen LogP contribution in [0.25, 0.3) is 0 Å². The summed E-state index contributed by atoms with van der Waals surface area (Å²) in [7, 11) is 2.81. The Kier molecular flexibility index (Phi) is 8.01. The molecule has 0 aromatic carbocycles. The minimum Gasteiger partial charge on any atom is -0.466 e. The summed E-state index contributed by atoms with van der Waals surface area (Å²) in [6.45, 7) is 5.51. The van der Waals surface area contributed by atoms with Crippen molar-refractivity contribution in [2.24, 2.45) is 5.92 Å². The van der Waals surface area contributed by atoms with Crippen LogP contribution in [0.15, 0.2) is 0 Å². The highest BCUT2D eigenvalue weighted by Crippen LogP contribution is 2.32. The summed E-state index contributed by atoms with van der Waals surface area (Å²) in [4.78, 5) is 23.1. The number of esters is 1. The monoisotopic (exact) mass is 349 g/mol. The lowest BCUT2D eigenvalue weighted by Gasteiger charge is -2.27. The highest BCUT2D eigenvalue weighted by molar-refractivity contribution is 5.69. The van der Waals surface area contributed by atoms with Crippen LogP contribution in [0.2, 0.25) is 0 Å². The van der Waals surface area contributed by atoms with Crippen LogP contribution in [0, 0.1) is 16.0 Å². The van der Waals surface area contributed by atoms with Crippen LogP contribution in [0.3, 0.4) is 0 Å². The molecule has 0 amide bonds. The third kappa shape index (κ3) is 5.97. The largest absolute Gasteiger partial charge is 0.466 e. The van der Waals surface area contributed by atoms with E-state index in [0.29, 0.717) is 0 Å². The Bertz CT molecular complexity index is 424. The first-order valence-corrected chi connectivity index (χ1v) is 7.90. The average molecular weight is 349 g/mol. The Labute approximate surface area is 141 Å². The van der Waals surface area contributed by atoms with Crippen molar-refractivity contribution < 1.29 is 33.4 Å². The Morgan fingerprint density at radius 1 is 1.38 bits per heavy atom. The minimum atomic E-state index is -1.10. The molecular formula is C15H27NO8. The zero-order valence-corrected chi connectivity index (χ0v) is 14.9. The van der Waals surface area contributed by atoms with E-state index in [0.717, 1.165) is 0 Å². The fourth-order valence-electron chi connectivity index (χ4n) is 2.76. The van der Waals surface area contributed by atoms with Gasteiger partial charge in [0, 0.05) is 19.1 Å². The molecule has 9 nitrogen and oxygen atoms in total. The van der Waals surface area contributed by atoms with Gasteiger partial charge in [0.25, 0.3) is 0 Å². The van der Waals surface area contributed by atoms with Gasteiger partial charge in [-0.3, -0.25) is 14.9 Å². The first-order valence-electron chi connectivity index (χ1n) is 7.90. The van der Waals surface area contributed by atoms with Gasteiger partial charge in [0.2, 0.25) is 6.04 Å². The lowest BCUT2D eigenvalue weighted by molar-refractivity contribution is -0.539. The van der Waals surface area contributed by atoms with E-state index in [1.165, 1.54) is 14.2 Å². The molecule has 1 heterocycles. The molecule has 0 N–H and O–H groups in total. The summed E-state index contributed by atoms with van der Waals surface area (Å²) in [6.07, 6.45) is -1.48. The van der Waals surface area contributed by atoms with E-state index in [1.54, 1.807) is 20.8 Å². The predicted molar refractivity (Wildman–Crippen MR) is 82.8 cm³/mol. The average Bonchev–Trinajstić information content (AvgIpc) is 2.86. The van der Waals surface area contributed by atoms with E-state index in [-0.39, 0.29) is 26.1 Å². The lowest BCUT2D eigenvalue weighted by atomic mass is 9.88. The van der Waals surface area contributed by atoms with Crippen molar-refractivity contribution >= 4 is 5.97 Å². The van der Waals surface area contributed by atoms with Gasteiger partial charge in [-0.2, -0.15) is 0 Å². The summed E-state index contributed by atoms with van der Waals surface area (Å²) >= 11 is 0. The van der Waals surface area contributed by atoms with Gasteiger partial charge in [-0.1, -0.05) is 0 Å². The van der Waals surface area contributed by atoms with Gasteiger partial charge in [0.05, 0.1) is 38.1 Å². The fourth-order valence-corrected chi connectivity index (χ4v) is 2.76. The predicted octanol–water partition coefficient (Wildman–Crippen LogP) is 1.36. The van der Waals surface area contributed by atoms with Crippen LogP contribution >= 0.6 is 0 Å². The molecule has 3 atom stereocenters. The van der Waals surface area contributed by atoms with Gasteiger partial charge in [-0.05, 0) is 20.8 Å². The summed E-state index contributed by atoms with van der Waals surface area (Å²) in [5.41, 5.74) is 0. The van der Waals surface area contributed by atoms with Crippen LogP contribution in [0.5, 0.6) is 0 Å². The number of ether oxygens (including phenoxy) is 5. The van der Waals surface area contributed by atoms with Crippen LogP contribution in [0.4, 0.5) is 0 Å². The number of nitrogens with zero attached hydrogens (tertiary/aromatic N) is 1. The van der Waals surface area contributed by atoms with E-state index < -0.39 is 41.0 Å². The van der Waals surface area contributed by atoms with Crippen LogP contribution in [-0.2, 0) is 28.5 Å². The molecule has 1 aliphatic heterocycles. The summed E-state index contributed by atoms with van der Waals surface area (Å²) in [5, 5.41) is 11.6. The highest BCUT2D eigenvalue weighted by Gasteiger charge is 2.46. The molecular weight excluding hydrogens is 322 g/mol. The topological polar surface area (TPSA) is 106 Å². The van der Waals surface area contributed by atoms with E-state index in [9.17, 15) is 14.9 Å². The van der Waals surface area contributed by atoms with Crippen molar-refractivity contribution in [1.29, 1.82) is 0 Å². The van der Waals surface area contributed by atoms with E-state index >= 15 is 0 Å². The molecule has 0 bridgehead atoms. The summed E-state index contributed by atoms with van der Waals surface area (Å²) < 4.78 is 26.4. The standard InChI is InChI=1S/C15H27NO8/c1-6-22-13(17)7-10(12-9-23-15(2,3)24-12)11(16(18)19)8-14(20-4)21-5/h10-12,14H,6-9H2,1-5H3/t10-,11?,12+/m0/s1. The molecule has 1 rings (SSSR count). The van der Waals surface area contributed by atoms with Crippen LogP contribution in [-0.4, -0.2) is 62.5 Å². The van der Waals surface area contributed by atoms with Gasteiger partial charge >= 0.3 is 5.97 Å². The molecule has 0 aromatic rings. The molecule has 1 fully saturated rings. The Hall–Kier alpha value is -1.29. The maximum Gasteiger partial charge on any atom is 0.306 e. The number of methoxy groups -OCH3 is 2. The zero-order valence-electron chi connectivity index (χ0n) is 14.9. The van der Waals surface area contributed by atoms with E-state index in [1.807, 2.05) is 0 Å². The second-order valence-electron chi connectivity index (χ2n) is 6.03. The highest BCUT2D eigenvalue weighted by atomic mass is 16.7. The molecule has 24 heavy (non-hydrogen) atoms. The van der Waals surface area contributed by atoms with Crippen LogP contribution in [0.1, 0.15) is 33.6 Å².